The predicted octanol–water partition coefficient (Wildman–Crippen LogP) is -0.391. The molecule has 7 heavy (non-hydrogen) atoms. The maximum absolute atomic E-state index is 5.11. The molecule has 0 saturated carbocycles. The molecule has 0 aromatic heterocycles. The van der Waals surface area contributed by atoms with Crippen LogP contribution in [0.5, 0.6) is 0 Å². The molecule has 1 rings (SSSR count). The molecule has 0 aromatic rings. The van der Waals surface area contributed by atoms with Gasteiger partial charge in [0.2, 0.25) is 0 Å². The molecule has 0 unspecified atom stereocenters. The van der Waals surface area contributed by atoms with E-state index in [0.29, 0.717) is 0 Å². The second-order valence-electron chi connectivity index (χ2n) is 1.18. The summed E-state index contributed by atoms with van der Waals surface area (Å²) in [7, 11) is 0. The smallest absolute Gasteiger partial charge is 0.255 e. The van der Waals surface area contributed by atoms with Gasteiger partial charge in [-0.2, -0.15) is 9.78 Å². The molecule has 0 amide bonds. The van der Waals surface area contributed by atoms with E-state index in [1.165, 1.54) is 6.21 Å². The third kappa shape index (κ3) is 0.957. The number of nitrogens with zero attached hydrogens (tertiary/aromatic N) is 1. The highest BCUT2D eigenvalue weighted by Crippen LogP contribution is 2.22. The lowest BCUT2D eigenvalue weighted by molar-refractivity contribution is 0.0850. The van der Waals surface area contributed by atoms with Gasteiger partial charge in [0, 0.05) is 6.21 Å². The van der Waals surface area contributed by atoms with E-state index in [-0.39, 0.29) is 0 Å². The van der Waals surface area contributed by atoms with Crippen LogP contribution in [0.1, 0.15) is 6.92 Å². The molecule has 0 atom stereocenters. The fraction of sp³-hybridized carbons (Fsp3) is 0.667. The zero-order valence-electron chi connectivity index (χ0n) is 3.92. The van der Waals surface area contributed by atoms with Gasteiger partial charge in [0.05, 0.1) is 0 Å². The standard InChI is InChI=1S/C3H6N2O2/c1-2-5-3(4)6-7-3/h2H,4H2,1H3. The molecule has 0 aliphatic carbocycles. The van der Waals surface area contributed by atoms with E-state index >= 15 is 0 Å². The molecule has 1 aliphatic rings. The molecule has 1 saturated heterocycles. The molecular weight excluding hydrogens is 96.0 g/mol. The summed E-state index contributed by atoms with van der Waals surface area (Å²) in [5.41, 5.74) is 5.11. The minimum atomic E-state index is -1.13. The van der Waals surface area contributed by atoms with Gasteiger partial charge in [0.15, 0.2) is 0 Å². The zero-order valence-corrected chi connectivity index (χ0v) is 3.92. The fourth-order valence-electron chi connectivity index (χ4n) is 0.266. The van der Waals surface area contributed by atoms with Crippen LogP contribution in [0.4, 0.5) is 0 Å². The first-order chi connectivity index (χ1) is 3.27. The Hall–Kier alpha value is -0.450. The first kappa shape index (κ1) is 4.70. The highest BCUT2D eigenvalue weighted by molar-refractivity contribution is 5.53. The van der Waals surface area contributed by atoms with E-state index in [1.54, 1.807) is 6.92 Å². The average molecular weight is 102 g/mol. The Kier molecular flexibility index (Phi) is 0.846. The second-order valence-corrected chi connectivity index (χ2v) is 1.18. The third-order valence-electron chi connectivity index (χ3n) is 0.563. The molecule has 2 N–H and O–H groups in total. The lowest BCUT2D eigenvalue weighted by Crippen LogP contribution is -2.19. The van der Waals surface area contributed by atoms with Gasteiger partial charge in [-0.25, -0.2) is 4.99 Å². The topological polar surface area (TPSA) is 63.4 Å². The minimum absolute atomic E-state index is 1.13. The molecule has 1 heterocycles. The molecule has 0 radical (unpaired) electrons. The summed E-state index contributed by atoms with van der Waals surface area (Å²) in [6.45, 7) is 1.74. The Balaban J connectivity index is 2.40. The number of hydrogen-bond acceptors (Lipinski definition) is 4. The summed E-state index contributed by atoms with van der Waals surface area (Å²) in [6.07, 6.45) is 1.52. The lowest BCUT2D eigenvalue weighted by atomic mass is 10.8. The highest BCUT2D eigenvalue weighted by atomic mass is 17.4. The molecule has 4 nitrogen and oxygen atoms in total. The first-order valence-corrected chi connectivity index (χ1v) is 1.92. The van der Waals surface area contributed by atoms with E-state index in [1.807, 2.05) is 0 Å². The van der Waals surface area contributed by atoms with Crippen molar-refractivity contribution in [2.75, 3.05) is 0 Å². The van der Waals surface area contributed by atoms with Gasteiger partial charge in [-0.15, -0.1) is 0 Å². The van der Waals surface area contributed by atoms with Gasteiger partial charge >= 0.3 is 6.03 Å². The maximum Gasteiger partial charge on any atom is 0.386 e. The molecule has 40 valence electrons. The van der Waals surface area contributed by atoms with Gasteiger partial charge < -0.3 is 0 Å². The normalized spacial score (nSPS) is 26.0. The van der Waals surface area contributed by atoms with Gasteiger partial charge in [-0.1, -0.05) is 0 Å². The van der Waals surface area contributed by atoms with Gasteiger partial charge in [0.1, 0.15) is 0 Å². The van der Waals surface area contributed by atoms with E-state index in [4.69, 9.17) is 5.73 Å². The molecule has 1 aliphatic heterocycles. The molecular formula is C3H6N2O2. The van der Waals surface area contributed by atoms with Crippen LogP contribution in [0.3, 0.4) is 0 Å². The Morgan fingerprint density at radius 2 is 2.29 bits per heavy atom. The fourth-order valence-corrected chi connectivity index (χ4v) is 0.266. The van der Waals surface area contributed by atoms with Crippen molar-refractivity contribution in [3.63, 3.8) is 0 Å². The van der Waals surface area contributed by atoms with Gasteiger partial charge in [-0.3, -0.25) is 5.73 Å². The Labute approximate surface area is 40.9 Å². The van der Waals surface area contributed by atoms with Crippen LogP contribution in [-0.4, -0.2) is 12.2 Å². The SMILES string of the molecule is CC=NC1(N)OO1. The van der Waals surface area contributed by atoms with E-state index in [0.717, 1.165) is 0 Å². The Morgan fingerprint density at radius 1 is 1.71 bits per heavy atom. The average Bonchev–Trinajstić information content (AvgIpc) is 2.22. The van der Waals surface area contributed by atoms with E-state index in [2.05, 4.69) is 14.8 Å². The minimum Gasteiger partial charge on any atom is -0.255 e. The van der Waals surface area contributed by atoms with Crippen LogP contribution in [0.2, 0.25) is 0 Å². The van der Waals surface area contributed by atoms with Crippen molar-refractivity contribution >= 4 is 6.21 Å². The van der Waals surface area contributed by atoms with Crippen molar-refractivity contribution in [1.82, 2.24) is 0 Å². The van der Waals surface area contributed by atoms with Crippen molar-refractivity contribution in [3.05, 3.63) is 0 Å². The first-order valence-electron chi connectivity index (χ1n) is 1.92. The molecule has 0 bridgehead atoms. The lowest BCUT2D eigenvalue weighted by Gasteiger charge is -1.82. The van der Waals surface area contributed by atoms with Crippen molar-refractivity contribution in [3.8, 4) is 0 Å². The van der Waals surface area contributed by atoms with E-state index in [9.17, 15) is 0 Å². The van der Waals surface area contributed by atoms with Crippen LogP contribution in [0.25, 0.3) is 0 Å². The quantitative estimate of drug-likeness (QED) is 0.278. The molecule has 4 heteroatoms. The van der Waals surface area contributed by atoms with Crippen molar-refractivity contribution in [2.45, 2.75) is 13.0 Å². The summed E-state index contributed by atoms with van der Waals surface area (Å²) in [6, 6.07) is -1.13. The van der Waals surface area contributed by atoms with Crippen molar-refractivity contribution in [2.24, 2.45) is 10.7 Å². The third-order valence-corrected chi connectivity index (χ3v) is 0.563. The molecule has 0 aromatic carbocycles. The highest BCUT2D eigenvalue weighted by Gasteiger charge is 2.44. The van der Waals surface area contributed by atoms with E-state index < -0.39 is 6.03 Å². The molecule has 0 spiro atoms. The largest absolute Gasteiger partial charge is 0.386 e. The Morgan fingerprint density at radius 3 is 2.43 bits per heavy atom. The predicted molar refractivity (Wildman–Crippen MR) is 23.3 cm³/mol. The van der Waals surface area contributed by atoms with Gasteiger partial charge in [0.25, 0.3) is 0 Å². The number of rotatable bonds is 1. The summed E-state index contributed by atoms with van der Waals surface area (Å²) >= 11 is 0. The summed E-state index contributed by atoms with van der Waals surface area (Å²) < 4.78 is 0. The van der Waals surface area contributed by atoms with Crippen molar-refractivity contribution < 1.29 is 9.78 Å². The molecule has 1 fully saturated rings. The van der Waals surface area contributed by atoms with Crippen LogP contribution in [0.15, 0.2) is 4.99 Å². The van der Waals surface area contributed by atoms with Crippen LogP contribution in [0, 0.1) is 0 Å². The van der Waals surface area contributed by atoms with Crippen LogP contribution in [-0.2, 0) is 9.78 Å². The summed E-state index contributed by atoms with van der Waals surface area (Å²) in [5, 5.41) is 0. The second kappa shape index (κ2) is 1.26. The number of hydrogen-bond donors (Lipinski definition) is 1. The van der Waals surface area contributed by atoms with Crippen LogP contribution >= 0.6 is 0 Å². The number of aliphatic imine (C=N–C) groups is 1. The Bertz CT molecular complexity index is 97.1. The number of nitrogens with two attached hydrogens (primary N) is 1. The van der Waals surface area contributed by atoms with Gasteiger partial charge in [-0.05, 0) is 6.92 Å². The summed E-state index contributed by atoms with van der Waals surface area (Å²) in [5.74, 6) is 0. The monoisotopic (exact) mass is 102 g/mol. The van der Waals surface area contributed by atoms with Crippen LogP contribution < -0.4 is 5.73 Å². The van der Waals surface area contributed by atoms with Crippen molar-refractivity contribution in [1.29, 1.82) is 0 Å². The summed E-state index contributed by atoms with van der Waals surface area (Å²) in [4.78, 5) is 12.0. The zero-order chi connectivity index (χ0) is 5.33. The maximum atomic E-state index is 5.11.